The molecule has 0 amide bonds. The van der Waals surface area contributed by atoms with Gasteiger partial charge in [0.2, 0.25) is 0 Å². The molecule has 1 aromatic rings. The number of carbonyl (C=O) groups is 1. The molecule has 0 spiro atoms. The van der Waals surface area contributed by atoms with Gasteiger partial charge in [-0.1, -0.05) is 0 Å². The average Bonchev–Trinajstić information content (AvgIpc) is 2.30. The highest BCUT2D eigenvalue weighted by atomic mass is 16.4. The van der Waals surface area contributed by atoms with E-state index in [9.17, 15) is 4.79 Å². The first-order valence-electron chi connectivity index (χ1n) is 3.78. The third-order valence-electron chi connectivity index (χ3n) is 1.99. The molecule has 0 aliphatic rings. The van der Waals surface area contributed by atoms with Crippen molar-refractivity contribution in [2.45, 2.75) is 26.7 Å². The normalized spacial score (nSPS) is 12.9. The van der Waals surface area contributed by atoms with Crippen molar-refractivity contribution in [1.29, 1.82) is 0 Å². The summed E-state index contributed by atoms with van der Waals surface area (Å²) in [7, 11) is 0. The fourth-order valence-corrected chi connectivity index (χ4v) is 1.32. The summed E-state index contributed by atoms with van der Waals surface area (Å²) in [5.41, 5.74) is 2.40. The van der Waals surface area contributed by atoms with Gasteiger partial charge in [0.1, 0.15) is 0 Å². The third kappa shape index (κ3) is 1.32. The van der Waals surface area contributed by atoms with E-state index in [1.165, 1.54) is 0 Å². The van der Waals surface area contributed by atoms with Gasteiger partial charge in [-0.25, -0.2) is 0 Å². The minimum absolute atomic E-state index is 0.483. The Hall–Kier alpha value is -1.32. The first-order valence-corrected chi connectivity index (χ1v) is 3.78. The number of aromatic nitrogens is 2. The van der Waals surface area contributed by atoms with Crippen LogP contribution in [0.4, 0.5) is 0 Å². The van der Waals surface area contributed by atoms with Crippen LogP contribution in [0.2, 0.25) is 0 Å². The molecule has 0 saturated heterocycles. The lowest BCUT2D eigenvalue weighted by atomic mass is 10.00. The van der Waals surface area contributed by atoms with Crippen molar-refractivity contribution in [3.8, 4) is 0 Å². The van der Waals surface area contributed by atoms with Crippen LogP contribution in [0.25, 0.3) is 0 Å². The SMILES string of the molecule is Cc1n[nH]c(C)c1[C@H](C)C(=O)O. The Morgan fingerprint density at radius 2 is 2.17 bits per heavy atom. The van der Waals surface area contributed by atoms with Crippen molar-refractivity contribution >= 4 is 5.97 Å². The molecule has 0 radical (unpaired) electrons. The van der Waals surface area contributed by atoms with Crippen molar-refractivity contribution < 1.29 is 9.90 Å². The highest BCUT2D eigenvalue weighted by Crippen LogP contribution is 2.20. The maximum atomic E-state index is 10.7. The number of aromatic amines is 1. The Bertz CT molecular complexity index is 285. The molecule has 0 saturated carbocycles. The average molecular weight is 168 g/mol. The molecule has 1 atom stereocenters. The molecule has 4 heteroatoms. The van der Waals surface area contributed by atoms with E-state index in [0.29, 0.717) is 0 Å². The van der Waals surface area contributed by atoms with Crippen LogP contribution >= 0.6 is 0 Å². The molecule has 0 aromatic carbocycles. The van der Waals surface area contributed by atoms with E-state index in [1.807, 2.05) is 6.92 Å². The molecule has 12 heavy (non-hydrogen) atoms. The summed E-state index contributed by atoms with van der Waals surface area (Å²) in [6, 6.07) is 0. The second-order valence-electron chi connectivity index (χ2n) is 2.91. The van der Waals surface area contributed by atoms with Crippen LogP contribution in [-0.2, 0) is 4.79 Å². The number of carboxylic acids is 1. The van der Waals surface area contributed by atoms with E-state index in [-0.39, 0.29) is 0 Å². The van der Waals surface area contributed by atoms with Gasteiger partial charge in [-0.3, -0.25) is 9.89 Å². The Kier molecular flexibility index (Phi) is 2.17. The van der Waals surface area contributed by atoms with E-state index in [1.54, 1.807) is 13.8 Å². The Morgan fingerprint density at radius 3 is 2.50 bits per heavy atom. The van der Waals surface area contributed by atoms with Crippen molar-refractivity contribution in [3.05, 3.63) is 17.0 Å². The number of nitrogens with zero attached hydrogens (tertiary/aromatic N) is 1. The van der Waals surface area contributed by atoms with Crippen LogP contribution in [0, 0.1) is 13.8 Å². The number of hydrogen-bond acceptors (Lipinski definition) is 2. The Balaban J connectivity index is 3.08. The van der Waals surface area contributed by atoms with Gasteiger partial charge in [-0.2, -0.15) is 5.10 Å². The van der Waals surface area contributed by atoms with Gasteiger partial charge >= 0.3 is 5.97 Å². The minimum atomic E-state index is -0.817. The molecular weight excluding hydrogens is 156 g/mol. The van der Waals surface area contributed by atoms with Crippen LogP contribution in [0.15, 0.2) is 0 Å². The zero-order valence-corrected chi connectivity index (χ0v) is 7.38. The number of hydrogen-bond donors (Lipinski definition) is 2. The molecule has 0 aliphatic heterocycles. The molecule has 0 aliphatic carbocycles. The monoisotopic (exact) mass is 168 g/mol. The fraction of sp³-hybridized carbons (Fsp3) is 0.500. The van der Waals surface area contributed by atoms with Crippen molar-refractivity contribution in [2.75, 3.05) is 0 Å². The number of rotatable bonds is 2. The molecule has 1 rings (SSSR count). The van der Waals surface area contributed by atoms with Crippen LogP contribution in [0.3, 0.4) is 0 Å². The lowest BCUT2D eigenvalue weighted by Gasteiger charge is -2.05. The number of nitrogens with one attached hydrogen (secondary N) is 1. The summed E-state index contributed by atoms with van der Waals surface area (Å²) < 4.78 is 0. The van der Waals surface area contributed by atoms with E-state index in [4.69, 9.17) is 5.11 Å². The second kappa shape index (κ2) is 2.97. The molecule has 4 nitrogen and oxygen atoms in total. The number of H-pyrrole nitrogens is 1. The lowest BCUT2D eigenvalue weighted by Crippen LogP contribution is -2.08. The van der Waals surface area contributed by atoms with E-state index < -0.39 is 11.9 Å². The third-order valence-corrected chi connectivity index (χ3v) is 1.99. The van der Waals surface area contributed by atoms with Crippen molar-refractivity contribution in [1.82, 2.24) is 10.2 Å². The second-order valence-corrected chi connectivity index (χ2v) is 2.91. The van der Waals surface area contributed by atoms with Gasteiger partial charge in [0.25, 0.3) is 0 Å². The van der Waals surface area contributed by atoms with Crippen molar-refractivity contribution in [2.24, 2.45) is 0 Å². The largest absolute Gasteiger partial charge is 0.481 e. The topological polar surface area (TPSA) is 66.0 Å². The maximum absolute atomic E-state index is 10.7. The molecule has 66 valence electrons. The van der Waals surface area contributed by atoms with E-state index in [2.05, 4.69) is 10.2 Å². The first kappa shape index (κ1) is 8.77. The Labute approximate surface area is 70.6 Å². The summed E-state index contributed by atoms with van der Waals surface area (Å²) >= 11 is 0. The van der Waals surface area contributed by atoms with Gasteiger partial charge < -0.3 is 5.11 Å². The fourth-order valence-electron chi connectivity index (χ4n) is 1.32. The van der Waals surface area contributed by atoms with Gasteiger partial charge in [0, 0.05) is 11.3 Å². The molecular formula is C8H12N2O2. The van der Waals surface area contributed by atoms with E-state index in [0.717, 1.165) is 17.0 Å². The molecule has 0 fully saturated rings. The quantitative estimate of drug-likeness (QED) is 0.697. The first-order chi connectivity index (χ1) is 5.54. The summed E-state index contributed by atoms with van der Waals surface area (Å²) in [5.74, 6) is -1.30. The van der Waals surface area contributed by atoms with Crippen molar-refractivity contribution in [3.63, 3.8) is 0 Å². The summed E-state index contributed by atoms with van der Waals surface area (Å²) in [6.07, 6.45) is 0. The maximum Gasteiger partial charge on any atom is 0.310 e. The van der Waals surface area contributed by atoms with Crippen LogP contribution in [0.1, 0.15) is 29.8 Å². The molecule has 1 heterocycles. The predicted octanol–water partition coefficient (Wildman–Crippen LogP) is 1.21. The standard InChI is InChI=1S/C8H12N2O2/c1-4(8(11)12)7-5(2)9-10-6(7)3/h4H,1-3H3,(H,9,10)(H,11,12)/t4-/m0/s1. The highest BCUT2D eigenvalue weighted by Gasteiger charge is 2.19. The van der Waals surface area contributed by atoms with Gasteiger partial charge in [0.05, 0.1) is 11.6 Å². The Morgan fingerprint density at radius 1 is 1.58 bits per heavy atom. The minimum Gasteiger partial charge on any atom is -0.481 e. The molecule has 1 aromatic heterocycles. The zero-order chi connectivity index (χ0) is 9.30. The van der Waals surface area contributed by atoms with Gasteiger partial charge in [-0.05, 0) is 20.8 Å². The van der Waals surface area contributed by atoms with Gasteiger partial charge in [0.15, 0.2) is 0 Å². The van der Waals surface area contributed by atoms with Crippen LogP contribution in [-0.4, -0.2) is 21.3 Å². The number of carboxylic acid groups (broad SMARTS) is 1. The van der Waals surface area contributed by atoms with Gasteiger partial charge in [-0.15, -0.1) is 0 Å². The molecule has 2 N–H and O–H groups in total. The smallest absolute Gasteiger partial charge is 0.310 e. The van der Waals surface area contributed by atoms with E-state index >= 15 is 0 Å². The number of aliphatic carboxylic acids is 1. The van der Waals surface area contributed by atoms with Crippen LogP contribution in [0.5, 0.6) is 0 Å². The zero-order valence-electron chi connectivity index (χ0n) is 7.38. The summed E-state index contributed by atoms with van der Waals surface area (Å²) in [6.45, 7) is 5.29. The summed E-state index contributed by atoms with van der Waals surface area (Å²) in [5, 5.41) is 15.5. The molecule has 0 unspecified atom stereocenters. The summed E-state index contributed by atoms with van der Waals surface area (Å²) in [4.78, 5) is 10.7. The van der Waals surface area contributed by atoms with Crippen LogP contribution < -0.4 is 0 Å². The molecule has 0 bridgehead atoms. The lowest BCUT2D eigenvalue weighted by molar-refractivity contribution is -0.138. The predicted molar refractivity (Wildman–Crippen MR) is 44.1 cm³/mol. The number of aryl methyl sites for hydroxylation is 2. The highest BCUT2D eigenvalue weighted by molar-refractivity contribution is 5.76.